The number of nitrogens with zero attached hydrogens (tertiary/aromatic N) is 1. The van der Waals surface area contributed by atoms with Crippen molar-refractivity contribution in [2.45, 2.75) is 26.1 Å². The molecule has 2 nitrogen and oxygen atoms in total. The van der Waals surface area contributed by atoms with E-state index in [1.165, 1.54) is 11.8 Å². The first-order valence-electron chi connectivity index (χ1n) is 5.69. The summed E-state index contributed by atoms with van der Waals surface area (Å²) in [5.41, 5.74) is 0.784. The topological polar surface area (TPSA) is 20.3 Å². The maximum atomic E-state index is 11.9. The van der Waals surface area contributed by atoms with Gasteiger partial charge in [-0.2, -0.15) is 0 Å². The number of rotatable bonds is 5. The van der Waals surface area contributed by atoms with Crippen molar-refractivity contribution < 1.29 is 4.79 Å². The zero-order valence-corrected chi connectivity index (χ0v) is 11.0. The van der Waals surface area contributed by atoms with Gasteiger partial charge in [0.15, 0.2) is 0 Å². The van der Waals surface area contributed by atoms with Crippen molar-refractivity contribution in [3.8, 4) is 0 Å². The zero-order chi connectivity index (χ0) is 12.0. The summed E-state index contributed by atoms with van der Waals surface area (Å²) in [5.74, 6) is 0. The molecule has 16 heavy (non-hydrogen) atoms. The van der Waals surface area contributed by atoms with Crippen LogP contribution >= 0.6 is 11.8 Å². The Morgan fingerprint density at radius 2 is 1.81 bits per heavy atom. The Labute approximate surface area is 102 Å². The second-order valence-electron chi connectivity index (χ2n) is 3.59. The summed E-state index contributed by atoms with van der Waals surface area (Å²) in [4.78, 5) is 14.2. The molecule has 1 unspecified atom stereocenters. The first kappa shape index (κ1) is 13.3. The third-order valence-corrected chi connectivity index (χ3v) is 3.70. The molecule has 0 radical (unpaired) electrons. The third kappa shape index (κ3) is 3.65. The van der Waals surface area contributed by atoms with Crippen LogP contribution in [0.4, 0.5) is 0 Å². The fraction of sp³-hybridized carbons (Fsp3) is 0.462. The lowest BCUT2D eigenvalue weighted by Gasteiger charge is -2.24. The van der Waals surface area contributed by atoms with Crippen LogP contribution in [0.15, 0.2) is 30.3 Å². The fourth-order valence-electron chi connectivity index (χ4n) is 1.61. The normalized spacial score (nSPS) is 12.8. The summed E-state index contributed by atoms with van der Waals surface area (Å²) >= 11 is 1.40. The van der Waals surface area contributed by atoms with Crippen molar-refractivity contribution in [1.29, 1.82) is 0 Å². The second kappa shape index (κ2) is 6.71. The lowest BCUT2D eigenvalue weighted by molar-refractivity contribution is 0.108. The number of hydrogen-bond acceptors (Lipinski definition) is 3. The van der Waals surface area contributed by atoms with Gasteiger partial charge in [-0.1, -0.05) is 55.9 Å². The van der Waals surface area contributed by atoms with Crippen LogP contribution in [0.5, 0.6) is 0 Å². The van der Waals surface area contributed by atoms with E-state index in [0.29, 0.717) is 0 Å². The average molecular weight is 237 g/mol. The number of carbonyl (C=O) groups excluding carboxylic acids is 1. The molecule has 0 bridgehead atoms. The lowest BCUT2D eigenvalue weighted by atomic mass is 10.2. The number of carbonyl (C=O) groups is 1. The van der Waals surface area contributed by atoms with E-state index in [9.17, 15) is 4.79 Å². The van der Waals surface area contributed by atoms with Crippen LogP contribution in [-0.2, 0) is 0 Å². The average Bonchev–Trinajstić information content (AvgIpc) is 2.31. The van der Waals surface area contributed by atoms with Crippen molar-refractivity contribution in [2.75, 3.05) is 13.1 Å². The minimum atomic E-state index is 0.153. The van der Waals surface area contributed by atoms with Crippen molar-refractivity contribution in [2.24, 2.45) is 0 Å². The molecule has 0 N–H and O–H groups in total. The monoisotopic (exact) mass is 237 g/mol. The maximum absolute atomic E-state index is 11.9. The second-order valence-corrected chi connectivity index (χ2v) is 4.88. The Bertz CT molecular complexity index is 322. The molecule has 3 heteroatoms. The van der Waals surface area contributed by atoms with Crippen molar-refractivity contribution in [3.63, 3.8) is 0 Å². The van der Waals surface area contributed by atoms with Gasteiger partial charge in [0.05, 0.1) is 5.37 Å². The molecule has 0 amide bonds. The molecule has 0 spiro atoms. The quantitative estimate of drug-likeness (QED) is 0.733. The molecule has 0 aromatic heterocycles. The molecule has 88 valence electrons. The highest BCUT2D eigenvalue weighted by molar-refractivity contribution is 8.14. The Morgan fingerprint density at radius 1 is 1.25 bits per heavy atom. The minimum Gasteiger partial charge on any atom is -0.292 e. The van der Waals surface area contributed by atoms with Crippen LogP contribution in [0.25, 0.3) is 0 Å². The molecule has 0 heterocycles. The maximum Gasteiger partial charge on any atom is 0.220 e. The number of thioether (sulfide) groups is 1. The Hall–Kier alpha value is -0.800. The van der Waals surface area contributed by atoms with E-state index in [0.717, 1.165) is 18.7 Å². The van der Waals surface area contributed by atoms with Gasteiger partial charge in [0.1, 0.15) is 0 Å². The van der Waals surface area contributed by atoms with Crippen molar-refractivity contribution in [1.82, 2.24) is 4.90 Å². The number of hydrogen-bond donors (Lipinski definition) is 0. The van der Waals surface area contributed by atoms with Crippen LogP contribution in [0.1, 0.15) is 31.1 Å². The van der Waals surface area contributed by atoms with Gasteiger partial charge in [0.2, 0.25) is 5.12 Å². The molecule has 1 atom stereocenters. The van der Waals surface area contributed by atoms with Crippen LogP contribution in [0, 0.1) is 0 Å². The van der Waals surface area contributed by atoms with Gasteiger partial charge in [-0.3, -0.25) is 9.69 Å². The van der Waals surface area contributed by atoms with Gasteiger partial charge in [-0.05, 0) is 20.0 Å². The first-order chi connectivity index (χ1) is 7.69. The summed E-state index contributed by atoms with van der Waals surface area (Å²) in [6.07, 6.45) is 0. The van der Waals surface area contributed by atoms with Crippen molar-refractivity contribution >= 4 is 16.9 Å². The Balaban J connectivity index is 2.58. The highest BCUT2D eigenvalue weighted by atomic mass is 32.2. The van der Waals surface area contributed by atoms with Crippen LogP contribution in [0.2, 0.25) is 0 Å². The van der Waals surface area contributed by atoms with Gasteiger partial charge in [0, 0.05) is 5.56 Å². The fourth-order valence-corrected chi connectivity index (χ4v) is 2.64. The van der Waals surface area contributed by atoms with Crippen LogP contribution < -0.4 is 0 Å². The summed E-state index contributed by atoms with van der Waals surface area (Å²) in [6.45, 7) is 8.28. The van der Waals surface area contributed by atoms with Gasteiger partial charge in [-0.15, -0.1) is 0 Å². The van der Waals surface area contributed by atoms with Crippen LogP contribution in [-0.4, -0.2) is 28.5 Å². The number of benzene rings is 1. The predicted octanol–water partition coefficient (Wildman–Crippen LogP) is 3.25. The zero-order valence-electron chi connectivity index (χ0n) is 10.1. The van der Waals surface area contributed by atoms with E-state index in [-0.39, 0.29) is 10.5 Å². The summed E-state index contributed by atoms with van der Waals surface area (Å²) in [7, 11) is 0. The van der Waals surface area contributed by atoms with E-state index >= 15 is 0 Å². The standard InChI is InChI=1S/C13H19NOS/c1-4-14(5-2)11(3)16-13(15)12-9-7-6-8-10-12/h6-11H,4-5H2,1-3H3. The molecule has 0 aliphatic rings. The summed E-state index contributed by atoms with van der Waals surface area (Å²) in [6, 6.07) is 9.45. The van der Waals surface area contributed by atoms with E-state index in [2.05, 4.69) is 25.7 Å². The summed E-state index contributed by atoms with van der Waals surface area (Å²) in [5, 5.41) is 0.391. The molecule has 0 fully saturated rings. The Kier molecular flexibility index (Phi) is 5.56. The molecule has 1 rings (SSSR count). The van der Waals surface area contributed by atoms with E-state index < -0.39 is 0 Å². The van der Waals surface area contributed by atoms with Crippen molar-refractivity contribution in [3.05, 3.63) is 35.9 Å². The smallest absolute Gasteiger partial charge is 0.220 e. The molecule has 0 aliphatic carbocycles. The SMILES string of the molecule is CCN(CC)C(C)SC(=O)c1ccccc1. The highest BCUT2D eigenvalue weighted by Crippen LogP contribution is 2.20. The molecule has 1 aromatic carbocycles. The third-order valence-electron chi connectivity index (χ3n) is 2.61. The largest absolute Gasteiger partial charge is 0.292 e. The lowest BCUT2D eigenvalue weighted by Crippen LogP contribution is -2.31. The van der Waals surface area contributed by atoms with E-state index in [4.69, 9.17) is 0 Å². The molecule has 0 saturated carbocycles. The van der Waals surface area contributed by atoms with Gasteiger partial charge >= 0.3 is 0 Å². The molecule has 1 aromatic rings. The van der Waals surface area contributed by atoms with Gasteiger partial charge in [0.25, 0.3) is 0 Å². The first-order valence-corrected chi connectivity index (χ1v) is 6.57. The highest BCUT2D eigenvalue weighted by Gasteiger charge is 2.15. The minimum absolute atomic E-state index is 0.153. The van der Waals surface area contributed by atoms with E-state index in [1.807, 2.05) is 30.3 Å². The molecular weight excluding hydrogens is 218 g/mol. The van der Waals surface area contributed by atoms with Gasteiger partial charge in [-0.25, -0.2) is 0 Å². The summed E-state index contributed by atoms with van der Waals surface area (Å²) < 4.78 is 0. The predicted molar refractivity (Wildman–Crippen MR) is 70.7 cm³/mol. The van der Waals surface area contributed by atoms with Crippen LogP contribution in [0.3, 0.4) is 0 Å². The molecule has 0 aliphatic heterocycles. The molecular formula is C13H19NOS. The Morgan fingerprint density at radius 3 is 2.31 bits per heavy atom. The van der Waals surface area contributed by atoms with Gasteiger partial charge < -0.3 is 0 Å². The molecule has 0 saturated heterocycles. The van der Waals surface area contributed by atoms with E-state index in [1.54, 1.807) is 0 Å².